The van der Waals surface area contributed by atoms with Gasteiger partial charge in [0.2, 0.25) is 5.91 Å². The highest BCUT2D eigenvalue weighted by molar-refractivity contribution is 7.99. The van der Waals surface area contributed by atoms with Crippen LogP contribution in [-0.4, -0.2) is 26.4 Å². The lowest BCUT2D eigenvalue weighted by atomic mass is 10.1. The number of aryl methyl sites for hydroxylation is 2. The van der Waals surface area contributed by atoms with Crippen LogP contribution in [-0.2, 0) is 11.2 Å². The largest absolute Gasteiger partial charge is 0.326 e. The average molecular weight is 471 g/mol. The summed E-state index contributed by atoms with van der Waals surface area (Å²) in [6, 6.07) is 26.6. The number of para-hydroxylation sites is 1. The molecule has 0 radical (unpaired) electrons. The summed E-state index contributed by atoms with van der Waals surface area (Å²) < 4.78 is 2.14. The molecular formula is C28H30N4OS. The maximum absolute atomic E-state index is 12.3. The monoisotopic (exact) mass is 470 g/mol. The van der Waals surface area contributed by atoms with Gasteiger partial charge in [0.25, 0.3) is 0 Å². The first-order chi connectivity index (χ1) is 16.6. The number of unbranched alkanes of at least 4 members (excludes halogenated alkanes) is 1. The van der Waals surface area contributed by atoms with E-state index in [2.05, 4.69) is 58.2 Å². The van der Waals surface area contributed by atoms with E-state index in [1.807, 2.05) is 54.6 Å². The zero-order chi connectivity index (χ0) is 23.8. The molecule has 0 bridgehead atoms. The second kappa shape index (κ2) is 11.7. The van der Waals surface area contributed by atoms with E-state index in [-0.39, 0.29) is 5.91 Å². The second-order valence-corrected chi connectivity index (χ2v) is 9.45. The Hall–Kier alpha value is -3.38. The lowest BCUT2D eigenvalue weighted by Gasteiger charge is -2.10. The minimum atomic E-state index is 0.0610. The standard InChI is InChI=1S/C28H30N4OS/c1-21-16-17-24(19-22(21)2)29-27(33)15-9-10-18-34-28-31-30-26(20-23-11-5-3-6-12-23)32(28)25-13-7-4-8-14-25/h3-8,11-14,16-17,19H,9-10,15,18,20H2,1-2H3,(H,29,33). The van der Waals surface area contributed by atoms with Crippen molar-refractivity contribution in [3.8, 4) is 5.69 Å². The fourth-order valence-corrected chi connectivity index (χ4v) is 4.69. The van der Waals surface area contributed by atoms with Crippen LogP contribution >= 0.6 is 11.8 Å². The minimum absolute atomic E-state index is 0.0610. The van der Waals surface area contributed by atoms with Crippen LogP contribution in [0.4, 0.5) is 5.69 Å². The topological polar surface area (TPSA) is 59.8 Å². The second-order valence-electron chi connectivity index (χ2n) is 8.38. The number of hydrogen-bond acceptors (Lipinski definition) is 4. The van der Waals surface area contributed by atoms with Gasteiger partial charge in [-0.15, -0.1) is 10.2 Å². The van der Waals surface area contributed by atoms with Gasteiger partial charge in [0, 0.05) is 30.0 Å². The third-order valence-corrected chi connectivity index (χ3v) is 6.76. The highest BCUT2D eigenvalue weighted by atomic mass is 32.2. The molecule has 0 aliphatic carbocycles. The third kappa shape index (κ3) is 6.35. The maximum Gasteiger partial charge on any atom is 0.224 e. The van der Waals surface area contributed by atoms with Crippen LogP contribution in [0.3, 0.4) is 0 Å². The number of rotatable bonds is 10. The zero-order valence-electron chi connectivity index (χ0n) is 19.7. The molecule has 5 nitrogen and oxygen atoms in total. The highest BCUT2D eigenvalue weighted by Gasteiger charge is 2.15. The molecule has 174 valence electrons. The number of aromatic nitrogens is 3. The Morgan fingerprint density at radius 1 is 0.882 bits per heavy atom. The number of benzene rings is 3. The average Bonchev–Trinajstić information content (AvgIpc) is 3.24. The van der Waals surface area contributed by atoms with Gasteiger partial charge in [0.1, 0.15) is 5.82 Å². The smallest absolute Gasteiger partial charge is 0.224 e. The van der Waals surface area contributed by atoms with Crippen molar-refractivity contribution in [1.82, 2.24) is 14.8 Å². The summed E-state index contributed by atoms with van der Waals surface area (Å²) in [5.41, 5.74) is 5.55. The molecule has 3 aromatic carbocycles. The Balaban J connectivity index is 1.32. The van der Waals surface area contributed by atoms with Crippen LogP contribution in [0, 0.1) is 13.8 Å². The minimum Gasteiger partial charge on any atom is -0.326 e. The molecular weight excluding hydrogens is 440 g/mol. The first-order valence-electron chi connectivity index (χ1n) is 11.6. The van der Waals surface area contributed by atoms with Gasteiger partial charge in [-0.1, -0.05) is 66.4 Å². The molecule has 6 heteroatoms. The molecule has 4 rings (SSSR count). The van der Waals surface area contributed by atoms with E-state index >= 15 is 0 Å². The molecule has 0 atom stereocenters. The van der Waals surface area contributed by atoms with Gasteiger partial charge >= 0.3 is 0 Å². The first-order valence-corrected chi connectivity index (χ1v) is 12.6. The number of nitrogens with zero attached hydrogens (tertiary/aromatic N) is 3. The summed E-state index contributed by atoms with van der Waals surface area (Å²) in [6.07, 6.45) is 3.00. The SMILES string of the molecule is Cc1ccc(NC(=O)CCCCSc2nnc(Cc3ccccc3)n2-c2ccccc2)cc1C. The van der Waals surface area contributed by atoms with Gasteiger partial charge in [-0.2, -0.15) is 0 Å². The summed E-state index contributed by atoms with van der Waals surface area (Å²) >= 11 is 1.69. The van der Waals surface area contributed by atoms with Crippen molar-refractivity contribution in [2.45, 2.75) is 44.7 Å². The molecule has 0 aliphatic rings. The number of anilines is 1. The fraction of sp³-hybridized carbons (Fsp3) is 0.250. The van der Waals surface area contributed by atoms with Crippen LogP contribution in [0.1, 0.15) is 41.8 Å². The molecule has 1 N–H and O–H groups in total. The highest BCUT2D eigenvalue weighted by Crippen LogP contribution is 2.24. The van der Waals surface area contributed by atoms with E-state index < -0.39 is 0 Å². The van der Waals surface area contributed by atoms with Gasteiger partial charge in [-0.25, -0.2) is 0 Å². The molecule has 1 aromatic heterocycles. The molecule has 1 heterocycles. The van der Waals surface area contributed by atoms with Crippen LogP contribution in [0.5, 0.6) is 0 Å². The normalized spacial score (nSPS) is 10.9. The van der Waals surface area contributed by atoms with E-state index in [1.54, 1.807) is 11.8 Å². The van der Waals surface area contributed by atoms with E-state index in [0.29, 0.717) is 6.42 Å². The fourth-order valence-electron chi connectivity index (χ4n) is 3.72. The summed E-state index contributed by atoms with van der Waals surface area (Å²) in [7, 11) is 0. The van der Waals surface area contributed by atoms with Crippen molar-refractivity contribution < 1.29 is 4.79 Å². The summed E-state index contributed by atoms with van der Waals surface area (Å²) in [4.78, 5) is 12.3. The molecule has 0 fully saturated rings. The van der Waals surface area contributed by atoms with Gasteiger partial charge in [0.15, 0.2) is 5.16 Å². The molecule has 0 aliphatic heterocycles. The van der Waals surface area contributed by atoms with Gasteiger partial charge < -0.3 is 5.32 Å². The Bertz CT molecular complexity index is 1220. The van der Waals surface area contributed by atoms with Crippen molar-refractivity contribution in [2.24, 2.45) is 0 Å². The van der Waals surface area contributed by atoms with E-state index in [9.17, 15) is 4.79 Å². The van der Waals surface area contributed by atoms with Crippen LogP contribution in [0.15, 0.2) is 84.0 Å². The molecule has 1 amide bonds. The first kappa shape index (κ1) is 23.8. The number of carbonyl (C=O) groups excluding carboxylic acids is 1. The van der Waals surface area contributed by atoms with Crippen molar-refractivity contribution in [3.05, 3.63) is 101 Å². The van der Waals surface area contributed by atoms with Crippen molar-refractivity contribution >= 4 is 23.4 Å². The van der Waals surface area contributed by atoms with Crippen molar-refractivity contribution in [3.63, 3.8) is 0 Å². The van der Waals surface area contributed by atoms with Gasteiger partial charge in [-0.3, -0.25) is 9.36 Å². The maximum atomic E-state index is 12.3. The lowest BCUT2D eigenvalue weighted by Crippen LogP contribution is -2.11. The van der Waals surface area contributed by atoms with Crippen molar-refractivity contribution in [2.75, 3.05) is 11.1 Å². The Morgan fingerprint density at radius 3 is 2.35 bits per heavy atom. The quantitative estimate of drug-likeness (QED) is 0.216. The molecule has 34 heavy (non-hydrogen) atoms. The van der Waals surface area contributed by atoms with Crippen LogP contribution in [0.25, 0.3) is 5.69 Å². The van der Waals surface area contributed by atoms with Crippen LogP contribution in [0.2, 0.25) is 0 Å². The lowest BCUT2D eigenvalue weighted by molar-refractivity contribution is -0.116. The molecule has 0 saturated carbocycles. The van der Waals surface area contributed by atoms with Crippen LogP contribution < -0.4 is 5.32 Å². The Labute approximate surface area is 205 Å². The molecule has 0 spiro atoms. The summed E-state index contributed by atoms with van der Waals surface area (Å²) in [6.45, 7) is 4.13. The zero-order valence-corrected chi connectivity index (χ0v) is 20.5. The predicted molar refractivity (Wildman–Crippen MR) is 140 cm³/mol. The van der Waals surface area contributed by atoms with Gasteiger partial charge in [0.05, 0.1) is 0 Å². The Morgan fingerprint density at radius 2 is 1.62 bits per heavy atom. The summed E-state index contributed by atoms with van der Waals surface area (Å²) in [5, 5.41) is 12.9. The number of carbonyl (C=O) groups is 1. The van der Waals surface area contributed by atoms with E-state index in [0.717, 1.165) is 47.4 Å². The predicted octanol–water partition coefficient (Wildman–Crippen LogP) is 6.38. The van der Waals surface area contributed by atoms with Gasteiger partial charge in [-0.05, 0) is 67.6 Å². The summed E-state index contributed by atoms with van der Waals surface area (Å²) in [5.74, 6) is 1.87. The van der Waals surface area contributed by atoms with Crippen molar-refractivity contribution in [1.29, 1.82) is 0 Å². The van der Waals surface area contributed by atoms with E-state index in [1.165, 1.54) is 16.7 Å². The Kier molecular flexibility index (Phi) is 8.15. The number of nitrogens with one attached hydrogen (secondary N) is 1. The number of hydrogen-bond donors (Lipinski definition) is 1. The molecule has 0 unspecified atom stereocenters. The number of thioether (sulfide) groups is 1. The number of amides is 1. The van der Waals surface area contributed by atoms with E-state index in [4.69, 9.17) is 0 Å². The molecule has 4 aromatic rings. The third-order valence-electron chi connectivity index (χ3n) is 5.74. The molecule has 0 saturated heterocycles.